The molecule has 0 amide bonds. The van der Waals surface area contributed by atoms with Gasteiger partial charge in [-0.05, 0) is 54.3 Å². The molecule has 1 atom stereocenters. The first-order chi connectivity index (χ1) is 14.0. The summed E-state index contributed by atoms with van der Waals surface area (Å²) in [5.41, 5.74) is 5.56. The third kappa shape index (κ3) is 5.73. The van der Waals surface area contributed by atoms with E-state index in [2.05, 4.69) is 55.2 Å². The van der Waals surface area contributed by atoms with E-state index in [1.165, 1.54) is 11.1 Å². The van der Waals surface area contributed by atoms with Crippen LogP contribution in [0.4, 0.5) is 0 Å². The minimum atomic E-state index is -0.855. The van der Waals surface area contributed by atoms with Crippen LogP contribution in [0, 0.1) is 18.8 Å². The van der Waals surface area contributed by atoms with Gasteiger partial charge in [-0.2, -0.15) is 0 Å². The Kier molecular flexibility index (Phi) is 6.71. The molecule has 0 saturated heterocycles. The minimum Gasteiger partial charge on any atom is -0.489 e. The molecule has 1 N–H and O–H groups in total. The molecule has 0 aliphatic rings. The van der Waals surface area contributed by atoms with E-state index >= 15 is 0 Å². The van der Waals surface area contributed by atoms with Gasteiger partial charge >= 0.3 is 5.97 Å². The standard InChI is InChI=1S/C26H24O3/c1-3-5-23(17-26(27)28)22-12-14-25(15-13-22)29-18-20-6-4-7-24(16-20)21-10-8-19(2)9-11-21/h4,6-16,23H,17-18H2,1-2H3,(H,27,28)/t23-/m0/s1. The van der Waals surface area contributed by atoms with Gasteiger partial charge in [0.15, 0.2) is 0 Å². The van der Waals surface area contributed by atoms with Crippen molar-refractivity contribution < 1.29 is 14.6 Å². The molecule has 3 aromatic rings. The van der Waals surface area contributed by atoms with Gasteiger partial charge in [-0.1, -0.05) is 66.1 Å². The molecular formula is C26H24O3. The summed E-state index contributed by atoms with van der Waals surface area (Å²) in [6.45, 7) is 4.27. The third-order valence-electron chi connectivity index (χ3n) is 4.70. The highest BCUT2D eigenvalue weighted by molar-refractivity contribution is 5.69. The summed E-state index contributed by atoms with van der Waals surface area (Å²) in [7, 11) is 0. The van der Waals surface area contributed by atoms with Gasteiger partial charge in [-0.25, -0.2) is 0 Å². The number of carboxylic acid groups (broad SMARTS) is 1. The minimum absolute atomic E-state index is 0.00710. The molecule has 0 saturated carbocycles. The number of rotatable bonds is 7. The van der Waals surface area contributed by atoms with Crippen molar-refractivity contribution in [3.63, 3.8) is 0 Å². The summed E-state index contributed by atoms with van der Waals surface area (Å²) in [6, 6.07) is 24.3. The lowest BCUT2D eigenvalue weighted by Crippen LogP contribution is -2.04. The summed E-state index contributed by atoms with van der Waals surface area (Å²) < 4.78 is 5.93. The highest BCUT2D eigenvalue weighted by atomic mass is 16.5. The van der Waals surface area contributed by atoms with Crippen molar-refractivity contribution in [3.8, 4) is 28.7 Å². The maximum absolute atomic E-state index is 11.0. The first kappa shape index (κ1) is 20.2. The molecule has 0 unspecified atom stereocenters. The lowest BCUT2D eigenvalue weighted by Gasteiger charge is -2.11. The van der Waals surface area contributed by atoms with Crippen LogP contribution in [0.5, 0.6) is 5.75 Å². The Bertz CT molecular complexity index is 1020. The predicted molar refractivity (Wildman–Crippen MR) is 116 cm³/mol. The van der Waals surface area contributed by atoms with Gasteiger partial charge in [0, 0.05) is 0 Å². The summed E-state index contributed by atoms with van der Waals surface area (Å²) in [6.07, 6.45) is -0.00710. The molecule has 3 aromatic carbocycles. The van der Waals surface area contributed by atoms with Crippen LogP contribution in [0.2, 0.25) is 0 Å². The summed E-state index contributed by atoms with van der Waals surface area (Å²) in [5, 5.41) is 9.06. The Labute approximate surface area is 172 Å². The van der Waals surface area contributed by atoms with Gasteiger partial charge in [0.1, 0.15) is 12.4 Å². The summed E-state index contributed by atoms with van der Waals surface area (Å²) in [5.74, 6) is 5.35. The smallest absolute Gasteiger partial charge is 0.304 e. The predicted octanol–water partition coefficient (Wildman–Crippen LogP) is 5.82. The van der Waals surface area contributed by atoms with E-state index in [-0.39, 0.29) is 12.3 Å². The average molecular weight is 384 g/mol. The van der Waals surface area contributed by atoms with E-state index in [0.717, 1.165) is 22.4 Å². The summed E-state index contributed by atoms with van der Waals surface area (Å²) in [4.78, 5) is 11.0. The highest BCUT2D eigenvalue weighted by Crippen LogP contribution is 2.24. The molecule has 0 aromatic heterocycles. The van der Waals surface area contributed by atoms with Crippen molar-refractivity contribution in [2.75, 3.05) is 0 Å². The first-order valence-corrected chi connectivity index (χ1v) is 9.58. The Hall–Kier alpha value is -3.51. The molecule has 0 bridgehead atoms. The Morgan fingerprint density at radius 3 is 2.38 bits per heavy atom. The fourth-order valence-electron chi connectivity index (χ4n) is 3.15. The topological polar surface area (TPSA) is 46.5 Å². The maximum atomic E-state index is 11.0. The number of hydrogen-bond donors (Lipinski definition) is 1. The zero-order valence-corrected chi connectivity index (χ0v) is 16.7. The molecule has 146 valence electrons. The molecule has 0 spiro atoms. The molecule has 3 nitrogen and oxygen atoms in total. The number of aryl methyl sites for hydroxylation is 1. The normalized spacial score (nSPS) is 11.2. The van der Waals surface area contributed by atoms with E-state index in [1.54, 1.807) is 6.92 Å². The number of hydrogen-bond acceptors (Lipinski definition) is 2. The van der Waals surface area contributed by atoms with Crippen LogP contribution in [0.3, 0.4) is 0 Å². The van der Waals surface area contributed by atoms with E-state index in [0.29, 0.717) is 6.61 Å². The Morgan fingerprint density at radius 1 is 1.00 bits per heavy atom. The quantitative estimate of drug-likeness (QED) is 0.522. The van der Waals surface area contributed by atoms with E-state index in [1.807, 2.05) is 36.4 Å². The maximum Gasteiger partial charge on any atom is 0.304 e. The van der Waals surface area contributed by atoms with Crippen molar-refractivity contribution in [1.29, 1.82) is 0 Å². The van der Waals surface area contributed by atoms with Crippen molar-refractivity contribution in [2.24, 2.45) is 0 Å². The van der Waals surface area contributed by atoms with E-state index in [4.69, 9.17) is 9.84 Å². The molecule has 0 heterocycles. The van der Waals surface area contributed by atoms with E-state index < -0.39 is 5.97 Å². The molecular weight excluding hydrogens is 360 g/mol. The van der Waals surface area contributed by atoms with Crippen LogP contribution in [-0.4, -0.2) is 11.1 Å². The van der Waals surface area contributed by atoms with Crippen molar-refractivity contribution >= 4 is 5.97 Å². The zero-order valence-electron chi connectivity index (χ0n) is 16.7. The number of carboxylic acids is 1. The average Bonchev–Trinajstić information content (AvgIpc) is 2.73. The molecule has 0 radical (unpaired) electrons. The third-order valence-corrected chi connectivity index (χ3v) is 4.70. The second-order valence-electron chi connectivity index (χ2n) is 6.97. The van der Waals surface area contributed by atoms with Gasteiger partial charge in [0.25, 0.3) is 0 Å². The zero-order chi connectivity index (χ0) is 20.6. The lowest BCUT2D eigenvalue weighted by molar-refractivity contribution is -0.137. The second kappa shape index (κ2) is 9.61. The molecule has 0 aliphatic heterocycles. The Balaban J connectivity index is 1.67. The fraction of sp³-hybridized carbons (Fsp3) is 0.192. The van der Waals surface area contributed by atoms with Crippen molar-refractivity contribution in [2.45, 2.75) is 32.8 Å². The first-order valence-electron chi connectivity index (χ1n) is 9.58. The number of aliphatic carboxylic acids is 1. The van der Waals surface area contributed by atoms with Crippen LogP contribution < -0.4 is 4.74 Å². The molecule has 3 heteroatoms. The van der Waals surface area contributed by atoms with Gasteiger partial charge in [-0.3, -0.25) is 4.79 Å². The van der Waals surface area contributed by atoms with Crippen LogP contribution in [0.15, 0.2) is 72.8 Å². The molecule has 29 heavy (non-hydrogen) atoms. The molecule has 3 rings (SSSR count). The molecule has 0 aliphatic carbocycles. The molecule has 0 fully saturated rings. The fourth-order valence-corrected chi connectivity index (χ4v) is 3.15. The van der Waals surface area contributed by atoms with E-state index in [9.17, 15) is 4.79 Å². The van der Waals surface area contributed by atoms with Crippen LogP contribution >= 0.6 is 0 Å². The van der Waals surface area contributed by atoms with Crippen LogP contribution in [0.1, 0.15) is 36.0 Å². The largest absolute Gasteiger partial charge is 0.489 e. The lowest BCUT2D eigenvalue weighted by atomic mass is 9.96. The van der Waals surface area contributed by atoms with Crippen molar-refractivity contribution in [1.82, 2.24) is 0 Å². The van der Waals surface area contributed by atoms with Gasteiger partial charge in [0.2, 0.25) is 0 Å². The SMILES string of the molecule is CC#C[C@@H](CC(=O)O)c1ccc(OCc2cccc(-c3ccc(C)cc3)c2)cc1. The number of carbonyl (C=O) groups is 1. The monoisotopic (exact) mass is 384 g/mol. The Morgan fingerprint density at radius 2 is 1.72 bits per heavy atom. The van der Waals surface area contributed by atoms with Crippen LogP contribution in [-0.2, 0) is 11.4 Å². The number of ether oxygens (including phenoxy) is 1. The van der Waals surface area contributed by atoms with Gasteiger partial charge < -0.3 is 9.84 Å². The van der Waals surface area contributed by atoms with Gasteiger partial charge in [0.05, 0.1) is 12.3 Å². The number of benzene rings is 3. The van der Waals surface area contributed by atoms with Crippen LogP contribution in [0.25, 0.3) is 11.1 Å². The van der Waals surface area contributed by atoms with Gasteiger partial charge in [-0.15, -0.1) is 5.92 Å². The second-order valence-corrected chi connectivity index (χ2v) is 6.97. The summed E-state index contributed by atoms with van der Waals surface area (Å²) >= 11 is 0. The highest BCUT2D eigenvalue weighted by Gasteiger charge is 2.13. The van der Waals surface area contributed by atoms with Crippen molar-refractivity contribution in [3.05, 3.63) is 89.5 Å².